The minimum Gasteiger partial charge on any atom is -0.387 e. The largest absolute Gasteiger partial charge is 0.479 e. The Labute approximate surface area is 295 Å². The Hall–Kier alpha value is -2.61. The van der Waals surface area contributed by atoms with Crippen LogP contribution in [0.25, 0.3) is 11.2 Å². The Kier molecular flexibility index (Phi) is 12.4. The highest BCUT2D eigenvalue weighted by Gasteiger charge is 2.52. The summed E-state index contributed by atoms with van der Waals surface area (Å²) in [6.45, 7) is -2.04. The number of aliphatic hydroxyl groups is 2. The minimum absolute atomic E-state index is 0.0405. The molecule has 0 amide bonds. The summed E-state index contributed by atoms with van der Waals surface area (Å²) in [6.07, 6.45) is -12.1. The average Bonchev–Trinajstić information content (AvgIpc) is 3.71. The summed E-state index contributed by atoms with van der Waals surface area (Å²) in [5.41, 5.74) is 4.27. The number of nitrogens with zero attached hydrogens (tertiary/aromatic N) is 5. The molecular weight excluding hydrogens is 806 g/mol. The van der Waals surface area contributed by atoms with Crippen LogP contribution in [0.5, 0.6) is 0 Å². The second-order valence-corrected chi connectivity index (χ2v) is 18.1. The number of rotatable bonds is 16. The Morgan fingerprint density at radius 2 is 1.53 bits per heavy atom. The fourth-order valence-electron chi connectivity index (χ4n) is 5.23. The number of nitrogen functional groups attached to an aromatic ring is 1. The molecule has 5 heterocycles. The predicted molar refractivity (Wildman–Crippen MR) is 171 cm³/mol. The molecule has 3 unspecified atom stereocenters. The van der Waals surface area contributed by atoms with Gasteiger partial charge < -0.3 is 54.6 Å². The number of phosphoric ester groups is 2. The first-order valence-electron chi connectivity index (χ1n) is 14.8. The maximum Gasteiger partial charge on any atom is 0.479 e. The predicted octanol–water partition coefficient (Wildman–Crippen LogP) is -2.51. The lowest BCUT2D eigenvalue weighted by Crippen LogP contribution is -2.38. The lowest BCUT2D eigenvalue weighted by molar-refractivity contribution is -0.0610. The number of ether oxygens (including phenoxy) is 3. The van der Waals surface area contributed by atoms with Crippen molar-refractivity contribution in [2.24, 2.45) is 0 Å². The molecule has 0 aromatic carbocycles. The SMILES string of the molecule is CO[C@@H]1[C@H](OP(=O)(O)OC[C@H]2O[C@@H](n3ccc(=O)[nH]c3=O)[C@H](O)[C@@H]2O)[C@@H](COP(=O)(O)OP(=O)(O)CCP(=O)(O)O)O[C@H]1n1cnc2c(N)ncnc21. The minimum atomic E-state index is -5.53. The molecule has 11 atom stereocenters. The van der Waals surface area contributed by atoms with Gasteiger partial charge >= 0.3 is 36.5 Å². The Morgan fingerprint density at radius 3 is 2.19 bits per heavy atom. The Balaban J connectivity index is 1.35. The number of fused-ring (bicyclic) bond motifs is 1. The number of methoxy groups -OCH3 is 1. The van der Waals surface area contributed by atoms with E-state index >= 15 is 0 Å². The van der Waals surface area contributed by atoms with Crippen molar-refractivity contribution in [1.82, 2.24) is 29.1 Å². The molecule has 2 aliphatic heterocycles. The topological polar surface area (TPSA) is 399 Å². The van der Waals surface area contributed by atoms with E-state index in [0.29, 0.717) is 0 Å². The van der Waals surface area contributed by atoms with E-state index in [0.717, 1.165) is 30.3 Å². The van der Waals surface area contributed by atoms with Crippen LogP contribution in [-0.2, 0) is 50.4 Å². The third kappa shape index (κ3) is 9.99. The van der Waals surface area contributed by atoms with Crippen LogP contribution in [0.4, 0.5) is 5.82 Å². The Morgan fingerprint density at radius 1 is 0.868 bits per heavy atom. The average molecular weight is 839 g/mol. The molecular formula is C22H33N7O20P4. The second kappa shape index (κ2) is 15.9. The molecule has 10 N–H and O–H groups in total. The van der Waals surface area contributed by atoms with E-state index < -0.39 is 117 Å². The van der Waals surface area contributed by atoms with Crippen molar-refractivity contribution in [2.75, 3.05) is 38.4 Å². The van der Waals surface area contributed by atoms with Gasteiger partial charge in [-0.15, -0.1) is 0 Å². The first-order chi connectivity index (χ1) is 24.6. The zero-order chi connectivity index (χ0) is 39.1. The number of phosphoric acid groups is 2. The van der Waals surface area contributed by atoms with E-state index in [4.69, 9.17) is 43.3 Å². The summed E-state index contributed by atoms with van der Waals surface area (Å²) in [6, 6.07) is 0.942. The van der Waals surface area contributed by atoms with Gasteiger partial charge in [-0.25, -0.2) is 33.2 Å². The van der Waals surface area contributed by atoms with Crippen LogP contribution in [0.15, 0.2) is 34.5 Å². The summed E-state index contributed by atoms with van der Waals surface area (Å²) in [7, 11) is -19.7. The highest BCUT2D eigenvalue weighted by molar-refractivity contribution is 7.64. The summed E-state index contributed by atoms with van der Waals surface area (Å²) >= 11 is 0. The van der Waals surface area contributed by atoms with E-state index in [1.54, 1.807) is 0 Å². The molecule has 0 saturated carbocycles. The molecule has 2 fully saturated rings. The zero-order valence-corrected chi connectivity index (χ0v) is 30.4. The summed E-state index contributed by atoms with van der Waals surface area (Å²) in [5.74, 6) is -0.0405. The second-order valence-electron chi connectivity index (χ2n) is 11.3. The van der Waals surface area contributed by atoms with Crippen LogP contribution in [0.1, 0.15) is 12.5 Å². The number of aromatic amines is 1. The summed E-state index contributed by atoms with van der Waals surface area (Å²) in [5, 5.41) is 21.0. The van der Waals surface area contributed by atoms with E-state index in [2.05, 4.69) is 19.3 Å². The van der Waals surface area contributed by atoms with Crippen molar-refractivity contribution in [1.29, 1.82) is 0 Å². The van der Waals surface area contributed by atoms with Crippen molar-refractivity contribution >= 4 is 47.8 Å². The molecule has 5 rings (SSSR count). The fourth-order valence-corrected chi connectivity index (χ4v) is 10.4. The number of hydrogen-bond donors (Lipinski definition) is 9. The highest BCUT2D eigenvalue weighted by atomic mass is 31.3. The van der Waals surface area contributed by atoms with Gasteiger partial charge in [-0.2, -0.15) is 0 Å². The van der Waals surface area contributed by atoms with Crippen molar-refractivity contribution in [3.63, 3.8) is 0 Å². The highest BCUT2D eigenvalue weighted by Crippen LogP contribution is 2.61. The van der Waals surface area contributed by atoms with Gasteiger partial charge in [0.25, 0.3) is 5.56 Å². The van der Waals surface area contributed by atoms with Crippen LogP contribution in [0, 0.1) is 0 Å². The molecule has 53 heavy (non-hydrogen) atoms. The van der Waals surface area contributed by atoms with Crippen molar-refractivity contribution < 1.29 is 85.0 Å². The number of nitrogens with two attached hydrogens (primary N) is 1. The van der Waals surface area contributed by atoms with Crippen LogP contribution in [-0.4, -0.2) is 133 Å². The van der Waals surface area contributed by atoms with E-state index in [1.807, 2.05) is 4.98 Å². The molecule has 296 valence electrons. The summed E-state index contributed by atoms with van der Waals surface area (Å²) in [4.78, 5) is 86.3. The van der Waals surface area contributed by atoms with Crippen LogP contribution in [0.3, 0.4) is 0 Å². The molecule has 0 radical (unpaired) electrons. The number of nitrogens with one attached hydrogen (secondary N) is 1. The van der Waals surface area contributed by atoms with Crippen LogP contribution < -0.4 is 17.0 Å². The number of aliphatic hydroxyl groups excluding tert-OH is 2. The lowest BCUT2D eigenvalue weighted by Gasteiger charge is -2.26. The molecule has 0 aliphatic carbocycles. The van der Waals surface area contributed by atoms with Gasteiger partial charge in [0.15, 0.2) is 23.9 Å². The molecule has 27 nitrogen and oxygen atoms in total. The lowest BCUT2D eigenvalue weighted by atomic mass is 10.1. The zero-order valence-electron chi connectivity index (χ0n) is 26.8. The number of imidazole rings is 1. The molecule has 31 heteroatoms. The third-order valence-corrected chi connectivity index (χ3v) is 12.9. The molecule has 0 spiro atoms. The molecule has 2 aliphatic rings. The first-order valence-corrected chi connectivity index (χ1v) is 21.3. The van der Waals surface area contributed by atoms with Crippen molar-refractivity contribution in [2.45, 2.75) is 49.1 Å². The summed E-state index contributed by atoms with van der Waals surface area (Å²) < 4.78 is 87.6. The third-order valence-electron chi connectivity index (χ3n) is 7.64. The standard InChI is InChI=1S/C22H33N7O20P4/c1-43-17-16(48-52(39,40)44-6-10-14(31)15(32)20(46-10)28-3-2-12(30)27-22(28)33)11(7-45-53(41,42)49-51(37,38)5-4-50(34,35)36)47-21(17)29-9-26-13-18(23)24-8-25-19(13)29/h2-3,8-11,14-17,20-21,31-32H,4-7H2,1H3,(H,37,38)(H,39,40)(H,41,42)(H2,23,24,25)(H,27,30,33)(H2,34,35,36)/t10-,11-,14-,15-,16-,17-,20-,21-/m1/s1. The van der Waals surface area contributed by atoms with Gasteiger partial charge in [0, 0.05) is 19.4 Å². The van der Waals surface area contributed by atoms with E-state index in [-0.39, 0.29) is 17.0 Å². The smallest absolute Gasteiger partial charge is 0.387 e. The molecule has 0 bridgehead atoms. The van der Waals surface area contributed by atoms with Gasteiger partial charge in [0.05, 0.1) is 31.9 Å². The number of aromatic nitrogens is 6. The normalized spacial score (nSPS) is 29.9. The molecule has 2 saturated heterocycles. The van der Waals surface area contributed by atoms with E-state index in [1.165, 1.54) is 10.9 Å². The monoisotopic (exact) mass is 839 g/mol. The molecule has 3 aromatic rings. The van der Waals surface area contributed by atoms with Gasteiger partial charge in [-0.3, -0.25) is 41.6 Å². The maximum atomic E-state index is 13.3. The van der Waals surface area contributed by atoms with Gasteiger partial charge in [0.1, 0.15) is 48.5 Å². The number of H-pyrrole nitrogens is 1. The van der Waals surface area contributed by atoms with Gasteiger partial charge in [0.2, 0.25) is 0 Å². The van der Waals surface area contributed by atoms with Crippen LogP contribution in [0.2, 0.25) is 0 Å². The van der Waals surface area contributed by atoms with Gasteiger partial charge in [-0.05, 0) is 0 Å². The quantitative estimate of drug-likeness (QED) is 0.0673. The number of hydrogen-bond acceptors (Lipinski definition) is 19. The van der Waals surface area contributed by atoms with Gasteiger partial charge in [-0.1, -0.05) is 0 Å². The van der Waals surface area contributed by atoms with Crippen LogP contribution >= 0.6 is 30.8 Å². The van der Waals surface area contributed by atoms with E-state index in [9.17, 15) is 52.7 Å². The van der Waals surface area contributed by atoms with Crippen molar-refractivity contribution in [3.8, 4) is 0 Å². The number of anilines is 1. The maximum absolute atomic E-state index is 13.3. The molecule has 3 aromatic heterocycles. The first kappa shape index (κ1) is 41.6. The Bertz CT molecular complexity index is 2110. The van der Waals surface area contributed by atoms with Crippen molar-refractivity contribution in [3.05, 3.63) is 45.8 Å². The fraction of sp³-hybridized carbons (Fsp3) is 0.591.